The molecule has 4 aliphatic rings. The number of alkyl halides is 4. The molecule has 0 spiro atoms. The fourth-order valence-corrected chi connectivity index (χ4v) is 7.06. The summed E-state index contributed by atoms with van der Waals surface area (Å²) in [5.74, 6) is -0.101. The first kappa shape index (κ1) is 29.2. The van der Waals surface area contributed by atoms with Crippen molar-refractivity contribution in [2.24, 2.45) is 5.41 Å². The number of nitrogens with zero attached hydrogens (tertiary/aromatic N) is 5. The molecule has 3 aliphatic heterocycles. The Hall–Kier alpha value is -3.52. The number of hydrogen-bond donors (Lipinski definition) is 3. The summed E-state index contributed by atoms with van der Waals surface area (Å²) >= 11 is 0. The number of nitrogens with one attached hydrogen (secondary N) is 3. The highest BCUT2D eigenvalue weighted by atomic mass is 19.4. The molecule has 236 valence electrons. The van der Waals surface area contributed by atoms with E-state index in [-0.39, 0.29) is 40.6 Å². The van der Waals surface area contributed by atoms with Crippen LogP contribution >= 0.6 is 0 Å². The molecular weight excluding hydrogens is 580 g/mol. The minimum atomic E-state index is -4.64. The number of aryl methyl sites for hydroxylation is 1. The molecule has 1 unspecified atom stereocenters. The molecule has 3 N–H and O–H groups in total. The first-order valence-electron chi connectivity index (χ1n) is 15.2. The van der Waals surface area contributed by atoms with Crippen LogP contribution in [-0.2, 0) is 12.6 Å². The zero-order valence-corrected chi connectivity index (χ0v) is 24.7. The van der Waals surface area contributed by atoms with E-state index in [1.807, 2.05) is 11.8 Å². The molecule has 2 aromatic heterocycles. The largest absolute Gasteiger partial charge is 0.463 e. The number of rotatable bonds is 7. The SMILES string of the molecule is Cc1cc2[nH]ncc2c(C2Cc3nc(OCC4(CN5CC[C@@H](F)C5)CC4)nc(N4CCN[C@H](C)C4)c3C(=O)N2)c1C(F)(F)F. The average Bonchev–Trinajstić information content (AvgIpc) is 3.34. The number of likely N-dealkylation sites (tertiary alicyclic amines) is 1. The third-order valence-electron chi connectivity index (χ3n) is 9.40. The molecule has 1 aromatic carbocycles. The van der Waals surface area contributed by atoms with Crippen LogP contribution < -0.4 is 20.3 Å². The first-order chi connectivity index (χ1) is 21.0. The summed E-state index contributed by atoms with van der Waals surface area (Å²) in [7, 11) is 0. The molecule has 1 aliphatic carbocycles. The minimum Gasteiger partial charge on any atom is -0.463 e. The van der Waals surface area contributed by atoms with Gasteiger partial charge in [0, 0.05) is 62.5 Å². The number of ether oxygens (including phenoxy) is 1. The number of anilines is 1. The summed E-state index contributed by atoms with van der Waals surface area (Å²) in [6, 6.07) is 0.670. The number of benzene rings is 1. The van der Waals surface area contributed by atoms with Crippen molar-refractivity contribution in [3.05, 3.63) is 40.2 Å². The van der Waals surface area contributed by atoms with Crippen LogP contribution in [0.15, 0.2) is 12.3 Å². The second-order valence-electron chi connectivity index (χ2n) is 12.9. The van der Waals surface area contributed by atoms with E-state index in [1.165, 1.54) is 19.2 Å². The minimum absolute atomic E-state index is 0.0260. The summed E-state index contributed by atoms with van der Waals surface area (Å²) in [4.78, 5) is 27.3. The van der Waals surface area contributed by atoms with Gasteiger partial charge in [0.1, 0.15) is 17.6 Å². The molecule has 3 atom stereocenters. The fraction of sp³-hybridized carbons (Fsp3) is 0.600. The lowest BCUT2D eigenvalue weighted by Crippen LogP contribution is -2.50. The molecule has 44 heavy (non-hydrogen) atoms. The van der Waals surface area contributed by atoms with Gasteiger partial charge in [-0.05, 0) is 50.3 Å². The highest BCUT2D eigenvalue weighted by Gasteiger charge is 2.46. The van der Waals surface area contributed by atoms with Crippen molar-refractivity contribution in [1.29, 1.82) is 0 Å². The quantitative estimate of drug-likeness (QED) is 0.345. The van der Waals surface area contributed by atoms with Gasteiger partial charge in [0.25, 0.3) is 5.91 Å². The molecular formula is C30H36F4N8O2. The van der Waals surface area contributed by atoms with Crippen LogP contribution in [0.25, 0.3) is 10.9 Å². The molecule has 1 amide bonds. The van der Waals surface area contributed by atoms with Crippen LogP contribution in [0.3, 0.4) is 0 Å². The van der Waals surface area contributed by atoms with Gasteiger partial charge in [-0.25, -0.2) is 4.39 Å². The Balaban J connectivity index is 1.25. The molecule has 10 nitrogen and oxygen atoms in total. The van der Waals surface area contributed by atoms with Crippen molar-refractivity contribution in [3.63, 3.8) is 0 Å². The lowest BCUT2D eigenvalue weighted by Gasteiger charge is -2.36. The predicted octanol–water partition coefficient (Wildman–Crippen LogP) is 3.71. The number of aromatic amines is 1. The highest BCUT2D eigenvalue weighted by molar-refractivity contribution is 6.02. The normalized spacial score (nSPS) is 25.3. The van der Waals surface area contributed by atoms with E-state index in [2.05, 4.69) is 30.7 Å². The topological polar surface area (TPSA) is 111 Å². The molecule has 1 saturated carbocycles. The Bertz CT molecular complexity index is 1590. The highest BCUT2D eigenvalue weighted by Crippen LogP contribution is 2.47. The number of carbonyl (C=O) groups is 1. The average molecular weight is 617 g/mol. The van der Waals surface area contributed by atoms with Crippen LogP contribution in [0.4, 0.5) is 23.4 Å². The van der Waals surface area contributed by atoms with E-state index in [0.717, 1.165) is 25.9 Å². The Morgan fingerprint density at radius 3 is 2.70 bits per heavy atom. The number of carbonyl (C=O) groups excluding carboxylic acids is 1. The molecule has 14 heteroatoms. The molecule has 5 heterocycles. The Morgan fingerprint density at radius 1 is 1.18 bits per heavy atom. The second-order valence-corrected chi connectivity index (χ2v) is 12.9. The zero-order chi connectivity index (χ0) is 30.8. The van der Waals surface area contributed by atoms with Crippen molar-refractivity contribution in [3.8, 4) is 6.01 Å². The van der Waals surface area contributed by atoms with Gasteiger partial charge in [-0.2, -0.15) is 28.2 Å². The summed E-state index contributed by atoms with van der Waals surface area (Å²) < 4.78 is 63.4. The van der Waals surface area contributed by atoms with Gasteiger partial charge in [-0.15, -0.1) is 0 Å². The summed E-state index contributed by atoms with van der Waals surface area (Å²) in [5, 5.41) is 13.3. The monoisotopic (exact) mass is 616 g/mol. The van der Waals surface area contributed by atoms with Crippen molar-refractivity contribution in [2.45, 2.75) is 64.0 Å². The maximum Gasteiger partial charge on any atom is 0.417 e. The standard InChI is InChI=1S/C30H36F4N8O2/c1-16-9-20-19(11-36-40-20)23(25(16)30(32,33)34)21-10-22-24(27(43)37-21)26(42-8-6-35-17(2)12-42)39-28(38-22)44-15-29(4-5-29)14-41-7-3-18(31)13-41/h9,11,17-18,21,35H,3-8,10,12-15H2,1-2H3,(H,36,40)(H,37,43)/t17-,18-,21?/m1/s1. The van der Waals surface area contributed by atoms with Gasteiger partial charge < -0.3 is 20.3 Å². The van der Waals surface area contributed by atoms with Crippen LogP contribution in [-0.4, -0.2) is 89.1 Å². The number of piperazine rings is 1. The number of aromatic nitrogens is 4. The Morgan fingerprint density at radius 2 is 2.00 bits per heavy atom. The molecule has 0 radical (unpaired) electrons. The van der Waals surface area contributed by atoms with Crippen LogP contribution in [0, 0.1) is 12.3 Å². The van der Waals surface area contributed by atoms with E-state index in [9.17, 15) is 22.4 Å². The summed E-state index contributed by atoms with van der Waals surface area (Å²) in [6.07, 6.45) is -1.61. The van der Waals surface area contributed by atoms with Crippen LogP contribution in [0.2, 0.25) is 0 Å². The van der Waals surface area contributed by atoms with Gasteiger partial charge in [0.15, 0.2) is 0 Å². The lowest BCUT2D eigenvalue weighted by molar-refractivity contribution is -0.138. The van der Waals surface area contributed by atoms with Crippen LogP contribution in [0.5, 0.6) is 6.01 Å². The number of hydrogen-bond acceptors (Lipinski definition) is 8. The van der Waals surface area contributed by atoms with E-state index in [4.69, 9.17) is 9.72 Å². The molecule has 0 bridgehead atoms. The van der Waals surface area contributed by atoms with E-state index >= 15 is 0 Å². The molecule has 7 rings (SSSR count). The van der Waals surface area contributed by atoms with Crippen molar-refractivity contribution in [2.75, 3.05) is 50.8 Å². The second kappa shape index (κ2) is 10.8. The maximum atomic E-state index is 14.5. The number of fused-ring (bicyclic) bond motifs is 2. The summed E-state index contributed by atoms with van der Waals surface area (Å²) in [6.45, 7) is 7.56. The Kier molecular flexibility index (Phi) is 7.19. The van der Waals surface area contributed by atoms with Gasteiger partial charge in [-0.1, -0.05) is 0 Å². The van der Waals surface area contributed by atoms with Crippen molar-refractivity contribution in [1.82, 2.24) is 35.7 Å². The molecule has 2 saturated heterocycles. The first-order valence-corrected chi connectivity index (χ1v) is 15.2. The third kappa shape index (κ3) is 5.46. The maximum absolute atomic E-state index is 14.5. The Labute approximate surface area is 251 Å². The van der Waals surface area contributed by atoms with Gasteiger partial charge in [-0.3, -0.25) is 14.8 Å². The predicted molar refractivity (Wildman–Crippen MR) is 155 cm³/mol. The zero-order valence-electron chi connectivity index (χ0n) is 24.7. The lowest BCUT2D eigenvalue weighted by atomic mass is 9.87. The fourth-order valence-electron chi connectivity index (χ4n) is 7.06. The molecule has 3 fully saturated rings. The van der Waals surface area contributed by atoms with Crippen LogP contribution in [0.1, 0.15) is 65.0 Å². The molecule has 3 aromatic rings. The summed E-state index contributed by atoms with van der Waals surface area (Å²) in [5.41, 5.74) is 0.184. The van der Waals surface area contributed by atoms with Gasteiger partial charge in [0.05, 0.1) is 35.6 Å². The van der Waals surface area contributed by atoms with Gasteiger partial charge >= 0.3 is 12.2 Å². The number of halogens is 4. The smallest absolute Gasteiger partial charge is 0.417 e. The van der Waals surface area contributed by atoms with E-state index in [1.54, 1.807) is 0 Å². The van der Waals surface area contributed by atoms with Crippen molar-refractivity contribution >= 4 is 22.6 Å². The number of amides is 1. The van der Waals surface area contributed by atoms with Gasteiger partial charge in [0.2, 0.25) is 0 Å². The van der Waals surface area contributed by atoms with E-state index < -0.39 is 29.9 Å². The van der Waals surface area contributed by atoms with E-state index in [0.29, 0.717) is 61.6 Å². The third-order valence-corrected chi connectivity index (χ3v) is 9.40. The van der Waals surface area contributed by atoms with Crippen molar-refractivity contribution < 1.29 is 27.1 Å². The number of H-pyrrole nitrogens is 1.